The Kier molecular flexibility index (Phi) is 9.24. The summed E-state index contributed by atoms with van der Waals surface area (Å²) in [5.74, 6) is -3.44. The molecule has 3 aromatic carbocycles. The molecule has 3 rings (SSSR count). The summed E-state index contributed by atoms with van der Waals surface area (Å²) in [4.78, 5) is 48.9. The molecule has 39 heavy (non-hydrogen) atoms. The van der Waals surface area contributed by atoms with Crippen LogP contribution in [-0.4, -0.2) is 54.9 Å². The quantitative estimate of drug-likeness (QED) is 0.207. The van der Waals surface area contributed by atoms with E-state index >= 15 is 0 Å². The Morgan fingerprint density at radius 2 is 1.51 bits per heavy atom. The smallest absolute Gasteiger partial charge is 0.328 e. The molecule has 1 atom stereocenters. The van der Waals surface area contributed by atoms with E-state index in [-0.39, 0.29) is 38.9 Å². The minimum atomic E-state index is -3.95. The molecule has 7 N–H and O–H groups in total. The van der Waals surface area contributed by atoms with Crippen LogP contribution >= 0.6 is 11.6 Å². The molecule has 0 aromatic heterocycles. The van der Waals surface area contributed by atoms with Crippen LogP contribution in [0.5, 0.6) is 5.75 Å². The highest BCUT2D eigenvalue weighted by atomic mass is 35.5. The molecule has 0 spiro atoms. The lowest BCUT2D eigenvalue weighted by molar-refractivity contribution is -0.139. The fraction of sp³-hybridized carbons (Fsp3) is 0.120. The van der Waals surface area contributed by atoms with Gasteiger partial charge in [-0.2, -0.15) is 0 Å². The fourth-order valence-corrected chi connectivity index (χ4v) is 4.10. The van der Waals surface area contributed by atoms with Crippen molar-refractivity contribution in [3.8, 4) is 5.75 Å². The Morgan fingerprint density at radius 3 is 2.10 bits per heavy atom. The number of carbonyl (C=O) groups is 4. The zero-order valence-electron chi connectivity index (χ0n) is 20.0. The summed E-state index contributed by atoms with van der Waals surface area (Å²) in [5.41, 5.74) is 0.751. The first-order chi connectivity index (χ1) is 18.3. The lowest BCUT2D eigenvalue weighted by atomic mass is 10.1. The van der Waals surface area contributed by atoms with E-state index in [9.17, 15) is 37.8 Å². The molecule has 0 unspecified atom stereocenters. The van der Waals surface area contributed by atoms with Crippen LogP contribution in [0.3, 0.4) is 0 Å². The van der Waals surface area contributed by atoms with Crippen molar-refractivity contribution in [2.45, 2.75) is 17.5 Å². The first-order valence-electron chi connectivity index (χ1n) is 11.2. The molecule has 0 bridgehead atoms. The van der Waals surface area contributed by atoms with E-state index in [0.717, 1.165) is 12.1 Å². The molecule has 12 nitrogen and oxygen atoms in total. The number of nitrogens with two attached hydrogens (primary N) is 1. The van der Waals surface area contributed by atoms with Gasteiger partial charge in [-0.1, -0.05) is 23.7 Å². The molecule has 0 aliphatic carbocycles. The van der Waals surface area contributed by atoms with E-state index in [4.69, 9.17) is 16.7 Å². The number of hydrogen-bond donors (Lipinski definition) is 6. The second kappa shape index (κ2) is 12.4. The number of carbonyl (C=O) groups excluding carboxylic acids is 3. The van der Waals surface area contributed by atoms with Crippen molar-refractivity contribution in [3.63, 3.8) is 0 Å². The molecule has 14 heteroatoms. The first kappa shape index (κ1) is 29.1. The Balaban J connectivity index is 1.60. The Labute approximate surface area is 227 Å². The monoisotopic (exact) mass is 574 g/mol. The number of amides is 3. The molecule has 0 saturated heterocycles. The summed E-state index contributed by atoms with van der Waals surface area (Å²) in [6, 6.07) is 13.3. The second-order valence-corrected chi connectivity index (χ2v) is 10.2. The average molecular weight is 575 g/mol. The predicted octanol–water partition coefficient (Wildman–Crippen LogP) is 1.24. The summed E-state index contributed by atoms with van der Waals surface area (Å²) in [6.07, 6.45) is 0. The van der Waals surface area contributed by atoms with Crippen molar-refractivity contribution >= 4 is 45.3 Å². The summed E-state index contributed by atoms with van der Waals surface area (Å²) in [5, 5.41) is 31.2. The standard InChI is InChI=1S/C25H23ClN4O8S/c26-20-11-16(23(33)28-12-14-2-1-3-17(31)10-14)6-9-19(20)24(34)30-21(25(35)36)13-29-22(32)15-4-7-18(8-5-15)39(27,37)38/h1-11,21,31H,12-13H2,(H,28,33)(H,29,32)(H,30,34)(H,35,36)(H2,27,37,38)/t21-/m0/s1. The van der Waals surface area contributed by atoms with Crippen LogP contribution in [-0.2, 0) is 21.4 Å². The molecular formula is C25H23ClN4O8S. The number of rotatable bonds is 10. The van der Waals surface area contributed by atoms with E-state index in [2.05, 4.69) is 16.0 Å². The van der Waals surface area contributed by atoms with Gasteiger partial charge in [0.1, 0.15) is 11.8 Å². The van der Waals surface area contributed by atoms with E-state index in [0.29, 0.717) is 5.56 Å². The van der Waals surface area contributed by atoms with Crippen molar-refractivity contribution in [1.29, 1.82) is 0 Å². The van der Waals surface area contributed by atoms with Crippen molar-refractivity contribution in [3.05, 3.63) is 94.0 Å². The van der Waals surface area contributed by atoms with Crippen LogP contribution in [0.4, 0.5) is 0 Å². The van der Waals surface area contributed by atoms with Crippen molar-refractivity contribution < 1.29 is 37.8 Å². The van der Waals surface area contributed by atoms with Crippen molar-refractivity contribution in [2.24, 2.45) is 5.14 Å². The second-order valence-electron chi connectivity index (χ2n) is 8.19. The van der Waals surface area contributed by atoms with Crippen LogP contribution < -0.4 is 21.1 Å². The molecule has 0 aliphatic heterocycles. The number of primary sulfonamides is 1. The van der Waals surface area contributed by atoms with Crippen LogP contribution in [0.15, 0.2) is 71.6 Å². The minimum absolute atomic E-state index is 0.0406. The number of sulfonamides is 1. The Hall–Kier alpha value is -4.46. The zero-order chi connectivity index (χ0) is 28.7. The normalized spacial score (nSPS) is 11.7. The van der Waals surface area contributed by atoms with E-state index in [1.807, 2.05) is 0 Å². The van der Waals surface area contributed by atoms with Gasteiger partial charge in [-0.25, -0.2) is 18.4 Å². The third-order valence-corrected chi connectivity index (χ3v) is 6.60. The van der Waals surface area contributed by atoms with Crippen LogP contribution in [0, 0.1) is 0 Å². The van der Waals surface area contributed by atoms with Gasteiger partial charge in [-0.05, 0) is 60.2 Å². The van der Waals surface area contributed by atoms with Gasteiger partial charge in [0.25, 0.3) is 17.7 Å². The van der Waals surface area contributed by atoms with Crippen LogP contribution in [0.2, 0.25) is 5.02 Å². The zero-order valence-corrected chi connectivity index (χ0v) is 21.6. The Morgan fingerprint density at radius 1 is 0.872 bits per heavy atom. The van der Waals surface area contributed by atoms with Gasteiger partial charge in [-0.15, -0.1) is 0 Å². The van der Waals surface area contributed by atoms with Gasteiger partial charge in [-0.3, -0.25) is 14.4 Å². The number of aliphatic carboxylic acids is 1. The molecule has 3 aromatic rings. The molecule has 0 fully saturated rings. The summed E-state index contributed by atoms with van der Waals surface area (Å²) >= 11 is 6.18. The molecule has 3 amide bonds. The number of phenols is 1. The highest BCUT2D eigenvalue weighted by Crippen LogP contribution is 2.19. The number of aromatic hydroxyl groups is 1. The summed E-state index contributed by atoms with van der Waals surface area (Å²) < 4.78 is 22.7. The number of carboxylic acid groups (broad SMARTS) is 1. The number of nitrogens with one attached hydrogen (secondary N) is 3. The molecule has 0 saturated carbocycles. The lowest BCUT2D eigenvalue weighted by Crippen LogP contribution is -2.48. The number of halogens is 1. The first-order valence-corrected chi connectivity index (χ1v) is 13.1. The largest absolute Gasteiger partial charge is 0.508 e. The maximum atomic E-state index is 12.7. The molecule has 204 valence electrons. The van der Waals surface area contributed by atoms with Gasteiger partial charge < -0.3 is 26.2 Å². The highest BCUT2D eigenvalue weighted by molar-refractivity contribution is 7.89. The number of benzene rings is 3. The molecule has 0 heterocycles. The molecular weight excluding hydrogens is 552 g/mol. The van der Waals surface area contributed by atoms with Gasteiger partial charge in [0.2, 0.25) is 10.0 Å². The Bertz CT molecular complexity index is 1530. The van der Waals surface area contributed by atoms with E-state index in [1.54, 1.807) is 12.1 Å². The van der Waals surface area contributed by atoms with Gasteiger partial charge >= 0.3 is 5.97 Å². The molecule has 0 radical (unpaired) electrons. The maximum Gasteiger partial charge on any atom is 0.328 e. The number of carboxylic acids is 1. The van der Waals surface area contributed by atoms with Gasteiger partial charge in [0.05, 0.1) is 15.5 Å². The number of hydrogen-bond acceptors (Lipinski definition) is 7. The summed E-state index contributed by atoms with van der Waals surface area (Å²) in [6.45, 7) is -0.362. The van der Waals surface area contributed by atoms with E-state index in [1.165, 1.54) is 42.5 Å². The SMILES string of the molecule is NS(=O)(=O)c1ccc(C(=O)NC[C@H](NC(=O)c2ccc(C(=O)NCc3cccc(O)c3)cc2Cl)C(=O)O)cc1. The van der Waals surface area contributed by atoms with Gasteiger partial charge in [0.15, 0.2) is 0 Å². The fourth-order valence-electron chi connectivity index (χ4n) is 3.32. The molecule has 0 aliphatic rings. The third-order valence-electron chi connectivity index (χ3n) is 5.35. The summed E-state index contributed by atoms with van der Waals surface area (Å²) in [7, 11) is -3.95. The minimum Gasteiger partial charge on any atom is -0.508 e. The van der Waals surface area contributed by atoms with Crippen molar-refractivity contribution in [2.75, 3.05) is 6.54 Å². The van der Waals surface area contributed by atoms with Crippen LogP contribution in [0.1, 0.15) is 36.6 Å². The van der Waals surface area contributed by atoms with Crippen molar-refractivity contribution in [1.82, 2.24) is 16.0 Å². The average Bonchev–Trinajstić information content (AvgIpc) is 2.88. The topological polar surface area (TPSA) is 205 Å². The predicted molar refractivity (Wildman–Crippen MR) is 140 cm³/mol. The third kappa shape index (κ3) is 8.01. The lowest BCUT2D eigenvalue weighted by Gasteiger charge is -2.16. The maximum absolute atomic E-state index is 12.7. The highest BCUT2D eigenvalue weighted by Gasteiger charge is 2.23. The number of phenolic OH excluding ortho intramolecular Hbond substituents is 1. The van der Waals surface area contributed by atoms with Crippen LogP contribution in [0.25, 0.3) is 0 Å². The van der Waals surface area contributed by atoms with E-state index < -0.39 is 46.3 Å². The van der Waals surface area contributed by atoms with Gasteiger partial charge in [0, 0.05) is 24.2 Å².